The number of aryl methyl sites for hydroxylation is 3. The van der Waals surface area contributed by atoms with Crippen LogP contribution in [0.5, 0.6) is 5.88 Å². The summed E-state index contributed by atoms with van der Waals surface area (Å²) in [7, 11) is 4.62. The summed E-state index contributed by atoms with van der Waals surface area (Å²) in [4.78, 5) is 53.9. The van der Waals surface area contributed by atoms with E-state index in [-0.39, 0.29) is 34.3 Å². The van der Waals surface area contributed by atoms with E-state index in [9.17, 15) is 14.4 Å². The molecule has 3 aliphatic rings. The third-order valence-electron chi connectivity index (χ3n) is 10.2. The first-order valence-corrected chi connectivity index (χ1v) is 17.2. The lowest BCUT2D eigenvalue weighted by molar-refractivity contribution is -0.121. The van der Waals surface area contributed by atoms with Crippen molar-refractivity contribution in [2.45, 2.75) is 44.2 Å². The van der Waals surface area contributed by atoms with Crippen LogP contribution < -0.4 is 26.6 Å². The van der Waals surface area contributed by atoms with E-state index in [1.54, 1.807) is 27.1 Å². The molecule has 1 spiro atoms. The summed E-state index contributed by atoms with van der Waals surface area (Å²) in [5.41, 5.74) is 4.69. The summed E-state index contributed by atoms with van der Waals surface area (Å²) >= 11 is 14.2. The highest BCUT2D eigenvalue weighted by atomic mass is 35.5. The molecule has 2 fully saturated rings. The molecule has 0 radical (unpaired) electrons. The van der Waals surface area contributed by atoms with E-state index in [4.69, 9.17) is 32.9 Å². The molecule has 12 nitrogen and oxygen atoms in total. The van der Waals surface area contributed by atoms with Crippen LogP contribution >= 0.6 is 23.2 Å². The fourth-order valence-corrected chi connectivity index (χ4v) is 8.36. The van der Waals surface area contributed by atoms with Gasteiger partial charge in [0.15, 0.2) is 5.65 Å². The van der Waals surface area contributed by atoms with Gasteiger partial charge >= 0.3 is 5.69 Å². The minimum Gasteiger partial charge on any atom is -0.481 e. The topological polar surface area (TPSA) is 136 Å². The highest BCUT2D eigenvalue weighted by Gasteiger charge is 2.51. The summed E-state index contributed by atoms with van der Waals surface area (Å²) in [6, 6.07) is 13.5. The van der Waals surface area contributed by atoms with Crippen molar-refractivity contribution in [1.82, 2.24) is 34.3 Å². The van der Waals surface area contributed by atoms with Gasteiger partial charge in [-0.15, -0.1) is 0 Å². The van der Waals surface area contributed by atoms with Gasteiger partial charge in [-0.3, -0.25) is 23.6 Å². The molecular weight excluding hydrogens is 679 g/mol. The largest absolute Gasteiger partial charge is 0.481 e. The Balaban J connectivity index is 1.13. The van der Waals surface area contributed by atoms with E-state index in [1.807, 2.05) is 30.3 Å². The van der Waals surface area contributed by atoms with Crippen LogP contribution in [0.4, 0.5) is 11.5 Å². The predicted octanol–water partition coefficient (Wildman–Crippen LogP) is 5.08. The number of hydrogen-bond acceptors (Lipinski definition) is 9. The maximum atomic E-state index is 13.2. The fourth-order valence-electron chi connectivity index (χ4n) is 7.76. The Bertz CT molecular complexity index is 2380. The van der Waals surface area contributed by atoms with Gasteiger partial charge in [0, 0.05) is 61.9 Å². The minimum atomic E-state index is -0.520. The minimum absolute atomic E-state index is 0.0963. The van der Waals surface area contributed by atoms with Gasteiger partial charge < -0.3 is 15.4 Å². The lowest BCUT2D eigenvalue weighted by atomic mass is 9.86. The van der Waals surface area contributed by atoms with E-state index in [0.717, 1.165) is 48.0 Å². The predicted molar refractivity (Wildman–Crippen MR) is 192 cm³/mol. The maximum absolute atomic E-state index is 13.2. The number of anilines is 2. The first-order chi connectivity index (χ1) is 24.0. The number of carbonyl (C=O) groups excluding carboxylic acids is 1. The highest BCUT2D eigenvalue weighted by Crippen LogP contribution is 2.48. The van der Waals surface area contributed by atoms with Crippen LogP contribution in [0.25, 0.3) is 33.4 Å². The maximum Gasteiger partial charge on any atom is 0.332 e. The smallest absolute Gasteiger partial charge is 0.332 e. The van der Waals surface area contributed by atoms with Crippen LogP contribution in [0.15, 0.2) is 52.1 Å². The zero-order valence-corrected chi connectivity index (χ0v) is 29.4. The van der Waals surface area contributed by atoms with Crippen molar-refractivity contribution in [1.29, 1.82) is 0 Å². The third kappa shape index (κ3) is 5.07. The van der Waals surface area contributed by atoms with Crippen molar-refractivity contribution < 1.29 is 9.53 Å². The molecule has 0 saturated carbocycles. The molecule has 5 heterocycles. The Hall–Kier alpha value is -4.78. The van der Waals surface area contributed by atoms with E-state index < -0.39 is 11.2 Å². The molecule has 3 aromatic heterocycles. The normalized spacial score (nSPS) is 18.0. The van der Waals surface area contributed by atoms with Gasteiger partial charge in [-0.2, -0.15) is 0 Å². The molecule has 256 valence electrons. The van der Waals surface area contributed by atoms with Gasteiger partial charge in [0.2, 0.25) is 11.8 Å². The lowest BCUT2D eigenvalue weighted by Crippen LogP contribution is -2.67. The molecule has 2 saturated heterocycles. The van der Waals surface area contributed by atoms with Crippen LogP contribution in [0.1, 0.15) is 42.3 Å². The molecule has 5 aromatic rings. The fraction of sp³-hybridized carbons (Fsp3) is 0.333. The molecular formula is C36H34Cl2N8O4. The average molecular weight is 714 g/mol. The Morgan fingerprint density at radius 1 is 0.940 bits per heavy atom. The zero-order valence-electron chi connectivity index (χ0n) is 27.9. The first kappa shape index (κ1) is 32.4. The number of rotatable bonds is 6. The Morgan fingerprint density at radius 2 is 1.66 bits per heavy atom. The number of methoxy groups -OCH3 is 1. The molecule has 0 unspecified atom stereocenters. The molecule has 14 heteroatoms. The molecule has 50 heavy (non-hydrogen) atoms. The Kier molecular flexibility index (Phi) is 7.73. The van der Waals surface area contributed by atoms with Crippen molar-refractivity contribution in [3.63, 3.8) is 0 Å². The summed E-state index contributed by atoms with van der Waals surface area (Å²) in [5.74, 6) is 1.33. The number of amides is 1. The van der Waals surface area contributed by atoms with Gasteiger partial charge in [0.1, 0.15) is 17.0 Å². The SMILES string of the molecule is COc1nc(-c2cccc(-c3cccc(Nc4nc(C)nc5c4c(=O)n(C)c(=O)n5C)c3Cl)c2Cl)cc2c1[C@H](N1CC3(CCC(=O)N3)C1)CC2. The van der Waals surface area contributed by atoms with Gasteiger partial charge in [-0.1, -0.05) is 53.5 Å². The Morgan fingerprint density at radius 3 is 2.38 bits per heavy atom. The van der Waals surface area contributed by atoms with E-state index >= 15 is 0 Å². The van der Waals surface area contributed by atoms with Gasteiger partial charge in [-0.05, 0) is 43.9 Å². The van der Waals surface area contributed by atoms with Crippen LogP contribution in [0.2, 0.25) is 10.0 Å². The second-order valence-electron chi connectivity index (χ2n) is 13.4. The number of nitrogens with zero attached hydrogens (tertiary/aromatic N) is 6. The van der Waals surface area contributed by atoms with E-state index in [0.29, 0.717) is 50.7 Å². The number of pyridine rings is 1. The van der Waals surface area contributed by atoms with Crippen molar-refractivity contribution >= 4 is 51.6 Å². The zero-order chi connectivity index (χ0) is 35.1. The molecule has 2 N–H and O–H groups in total. The number of nitrogens with one attached hydrogen (secondary N) is 2. The first-order valence-electron chi connectivity index (χ1n) is 16.4. The standard InChI is InChI=1S/C36H34Cl2N8O4/c1-18-39-31(28-32(40-18)44(2)35(49)45(3)34(28)48)41-23-10-6-8-21(30(23)38)20-7-5-9-22(29(20)37)24-15-19-11-12-25(27(19)33(42-24)50-4)46-16-36(17-46)14-13-26(47)43-36/h5-10,15,25H,11-14,16-17H2,1-4H3,(H,43,47)(H,39,40,41)/t25-/m1/s1. The van der Waals surface area contributed by atoms with Gasteiger partial charge in [0.25, 0.3) is 5.56 Å². The summed E-state index contributed by atoms with van der Waals surface area (Å²) in [6.45, 7) is 3.36. The van der Waals surface area contributed by atoms with Crippen molar-refractivity contribution in [2.75, 3.05) is 25.5 Å². The molecule has 1 aliphatic carbocycles. The summed E-state index contributed by atoms with van der Waals surface area (Å²) in [6.07, 6.45) is 3.31. The van der Waals surface area contributed by atoms with Crippen LogP contribution in [0, 0.1) is 6.92 Å². The summed E-state index contributed by atoms with van der Waals surface area (Å²) in [5, 5.41) is 7.41. The number of ether oxygens (including phenoxy) is 1. The van der Waals surface area contributed by atoms with Crippen LogP contribution in [-0.2, 0) is 25.3 Å². The van der Waals surface area contributed by atoms with Crippen molar-refractivity contribution in [3.8, 4) is 28.3 Å². The van der Waals surface area contributed by atoms with E-state index in [2.05, 4.69) is 31.6 Å². The van der Waals surface area contributed by atoms with E-state index in [1.165, 1.54) is 17.2 Å². The number of likely N-dealkylation sites (tertiary alicyclic amines) is 1. The van der Waals surface area contributed by atoms with Crippen LogP contribution in [-0.4, -0.2) is 60.6 Å². The number of aromatic nitrogens is 5. The highest BCUT2D eigenvalue weighted by molar-refractivity contribution is 6.39. The second-order valence-corrected chi connectivity index (χ2v) is 14.1. The lowest BCUT2D eigenvalue weighted by Gasteiger charge is -2.50. The molecule has 1 atom stereocenters. The third-order valence-corrected chi connectivity index (χ3v) is 11.1. The summed E-state index contributed by atoms with van der Waals surface area (Å²) < 4.78 is 8.23. The molecule has 8 rings (SSSR count). The number of benzene rings is 2. The van der Waals surface area contributed by atoms with Crippen molar-refractivity contribution in [2.24, 2.45) is 14.1 Å². The molecule has 1 amide bonds. The monoisotopic (exact) mass is 712 g/mol. The number of fused-ring (bicyclic) bond motifs is 2. The quantitative estimate of drug-likeness (QED) is 0.247. The number of halogens is 2. The molecule has 2 aliphatic heterocycles. The van der Waals surface area contributed by atoms with Crippen molar-refractivity contribution in [3.05, 3.63) is 90.3 Å². The Labute approximate surface area is 297 Å². The van der Waals surface area contributed by atoms with Gasteiger partial charge in [-0.25, -0.2) is 19.7 Å². The second kappa shape index (κ2) is 11.9. The number of carbonyl (C=O) groups is 1. The average Bonchev–Trinajstić information content (AvgIpc) is 3.70. The van der Waals surface area contributed by atoms with Crippen LogP contribution in [0.3, 0.4) is 0 Å². The molecule has 0 bridgehead atoms. The number of hydrogen-bond donors (Lipinski definition) is 2. The van der Waals surface area contributed by atoms with Gasteiger partial charge in [0.05, 0.1) is 34.1 Å². The molecule has 2 aromatic carbocycles.